The predicted molar refractivity (Wildman–Crippen MR) is 188 cm³/mol. The van der Waals surface area contributed by atoms with Gasteiger partial charge in [-0.25, -0.2) is 9.97 Å². The number of nitrogens with zero attached hydrogens (tertiary/aromatic N) is 2. The third-order valence-corrected chi connectivity index (χ3v) is 9.07. The van der Waals surface area contributed by atoms with Crippen molar-refractivity contribution >= 4 is 65.6 Å². The normalized spacial score (nSPS) is 11.9. The molecule has 0 radical (unpaired) electrons. The highest BCUT2D eigenvalue weighted by Crippen LogP contribution is 2.37. The van der Waals surface area contributed by atoms with Gasteiger partial charge in [0.15, 0.2) is 5.82 Å². The lowest BCUT2D eigenvalue weighted by molar-refractivity contribution is 0.669. The number of fused-ring (bicyclic) bond motifs is 9. The lowest BCUT2D eigenvalue weighted by Gasteiger charge is -2.11. The van der Waals surface area contributed by atoms with Gasteiger partial charge in [0.05, 0.1) is 11.2 Å². The molecule has 0 bridgehead atoms. The molecule has 3 heterocycles. The van der Waals surface area contributed by atoms with Gasteiger partial charge in [-0.2, -0.15) is 0 Å². The third kappa shape index (κ3) is 3.80. The lowest BCUT2D eigenvalue weighted by atomic mass is 9.97. The van der Waals surface area contributed by atoms with Crippen LogP contribution in [0.15, 0.2) is 154 Å². The third-order valence-electron chi connectivity index (χ3n) is 9.07. The molecule has 0 aliphatic carbocycles. The second kappa shape index (κ2) is 9.62. The summed E-state index contributed by atoms with van der Waals surface area (Å²) in [5, 5.41) is 7.75. The van der Waals surface area contributed by atoms with Gasteiger partial charge in [0.2, 0.25) is 0 Å². The van der Waals surface area contributed by atoms with Crippen molar-refractivity contribution in [3.8, 4) is 33.8 Å². The Kier molecular flexibility index (Phi) is 5.25. The maximum absolute atomic E-state index is 6.30. The molecular formula is C42H24N2O2. The van der Waals surface area contributed by atoms with E-state index >= 15 is 0 Å². The van der Waals surface area contributed by atoms with E-state index in [4.69, 9.17) is 18.8 Å². The molecule has 4 nitrogen and oxygen atoms in total. The van der Waals surface area contributed by atoms with Crippen molar-refractivity contribution in [2.24, 2.45) is 0 Å². The number of benzene rings is 7. The van der Waals surface area contributed by atoms with Crippen LogP contribution in [0.3, 0.4) is 0 Å². The first-order valence-corrected chi connectivity index (χ1v) is 15.4. The summed E-state index contributed by atoms with van der Waals surface area (Å²) in [6.07, 6.45) is 0. The van der Waals surface area contributed by atoms with Gasteiger partial charge in [0, 0.05) is 43.4 Å². The molecule has 0 spiro atoms. The highest BCUT2D eigenvalue weighted by molar-refractivity contribution is 6.15. The molecule has 3 aromatic heterocycles. The fourth-order valence-corrected chi connectivity index (χ4v) is 6.83. The number of hydrogen-bond donors (Lipinski definition) is 0. The van der Waals surface area contributed by atoms with Crippen LogP contribution in [-0.4, -0.2) is 9.97 Å². The maximum Gasteiger partial charge on any atom is 0.160 e. The van der Waals surface area contributed by atoms with Gasteiger partial charge in [-0.05, 0) is 71.1 Å². The van der Waals surface area contributed by atoms with E-state index in [9.17, 15) is 0 Å². The first kappa shape index (κ1) is 25.1. The minimum Gasteiger partial charge on any atom is -0.456 e. The summed E-state index contributed by atoms with van der Waals surface area (Å²) in [6.45, 7) is 0. The summed E-state index contributed by atoms with van der Waals surface area (Å²) in [5.74, 6) is 0.669. The first-order chi connectivity index (χ1) is 22.8. The second-order valence-corrected chi connectivity index (χ2v) is 11.8. The van der Waals surface area contributed by atoms with Crippen LogP contribution in [0.4, 0.5) is 0 Å². The molecule has 46 heavy (non-hydrogen) atoms. The van der Waals surface area contributed by atoms with Crippen molar-refractivity contribution in [3.63, 3.8) is 0 Å². The fourth-order valence-electron chi connectivity index (χ4n) is 6.83. The van der Waals surface area contributed by atoms with Gasteiger partial charge in [0.1, 0.15) is 22.3 Å². The van der Waals surface area contributed by atoms with Gasteiger partial charge >= 0.3 is 0 Å². The summed E-state index contributed by atoms with van der Waals surface area (Å²) in [7, 11) is 0. The smallest absolute Gasteiger partial charge is 0.160 e. The molecule has 0 amide bonds. The zero-order chi connectivity index (χ0) is 30.2. The number of furan rings is 2. The molecule has 10 rings (SSSR count). The van der Waals surface area contributed by atoms with Crippen LogP contribution in [0.2, 0.25) is 0 Å². The van der Waals surface area contributed by atoms with Crippen molar-refractivity contribution in [2.75, 3.05) is 0 Å². The molecule has 0 aliphatic heterocycles. The predicted octanol–water partition coefficient (Wildman–Crippen LogP) is 11.6. The van der Waals surface area contributed by atoms with E-state index in [2.05, 4.69) is 97.1 Å². The number of aromatic nitrogens is 2. The van der Waals surface area contributed by atoms with Gasteiger partial charge in [-0.15, -0.1) is 0 Å². The number of rotatable bonds is 3. The molecule has 0 unspecified atom stereocenters. The second-order valence-electron chi connectivity index (χ2n) is 11.8. The van der Waals surface area contributed by atoms with E-state index in [-0.39, 0.29) is 0 Å². The minimum atomic E-state index is 0.669. The van der Waals surface area contributed by atoms with Crippen LogP contribution < -0.4 is 0 Å². The Hall–Kier alpha value is -6.26. The van der Waals surface area contributed by atoms with Crippen molar-refractivity contribution in [1.82, 2.24) is 9.97 Å². The molecular weight excluding hydrogens is 564 g/mol. The molecule has 0 saturated carbocycles. The van der Waals surface area contributed by atoms with Gasteiger partial charge in [-0.1, -0.05) is 91.0 Å². The Morgan fingerprint density at radius 1 is 0.370 bits per heavy atom. The van der Waals surface area contributed by atoms with Crippen LogP contribution in [0.1, 0.15) is 0 Å². The van der Waals surface area contributed by atoms with Gasteiger partial charge in [0.25, 0.3) is 0 Å². The van der Waals surface area contributed by atoms with E-state index in [1.165, 1.54) is 0 Å². The Balaban J connectivity index is 1.10. The monoisotopic (exact) mass is 588 g/mol. The largest absolute Gasteiger partial charge is 0.456 e. The molecule has 0 atom stereocenters. The number of para-hydroxylation sites is 3. The van der Waals surface area contributed by atoms with Gasteiger partial charge < -0.3 is 8.83 Å². The maximum atomic E-state index is 6.30. The Labute approximate surface area is 263 Å². The van der Waals surface area contributed by atoms with Crippen molar-refractivity contribution in [1.29, 1.82) is 0 Å². The summed E-state index contributed by atoms with van der Waals surface area (Å²) in [4.78, 5) is 10.2. The summed E-state index contributed by atoms with van der Waals surface area (Å²) < 4.78 is 12.5. The SMILES string of the molecule is c1cc(-c2ccc3c(ccc4c5ccccc5oc34)c2)cc(-c2nc(-c3ccc4c(c3)oc3ccccc34)nc3ccccc23)c1. The van der Waals surface area contributed by atoms with E-state index in [0.29, 0.717) is 5.82 Å². The summed E-state index contributed by atoms with van der Waals surface area (Å²) >= 11 is 0. The number of hydrogen-bond acceptors (Lipinski definition) is 4. The standard InChI is InChI=1S/C42H24N2O2/c1-4-13-36-35(12-1)40(44-42(43-36)29-18-20-33-31-10-2-5-14-37(31)45-39(33)24-29)28-9-7-8-25(23-28)26-16-19-30-27(22-26)17-21-34-32-11-3-6-15-38(32)46-41(30)34/h1-24H. The van der Waals surface area contributed by atoms with E-state index < -0.39 is 0 Å². The topological polar surface area (TPSA) is 52.1 Å². The zero-order valence-corrected chi connectivity index (χ0v) is 24.6. The van der Waals surface area contributed by atoms with Crippen LogP contribution in [0.25, 0.3) is 99.3 Å². The zero-order valence-electron chi connectivity index (χ0n) is 24.6. The lowest BCUT2D eigenvalue weighted by Crippen LogP contribution is -1.95. The molecule has 0 N–H and O–H groups in total. The van der Waals surface area contributed by atoms with Crippen LogP contribution in [0, 0.1) is 0 Å². The Morgan fingerprint density at radius 2 is 1.02 bits per heavy atom. The van der Waals surface area contributed by atoms with Crippen molar-refractivity contribution in [3.05, 3.63) is 146 Å². The molecule has 4 heteroatoms. The average molecular weight is 589 g/mol. The van der Waals surface area contributed by atoms with E-state index in [1.54, 1.807) is 0 Å². The molecule has 0 aliphatic rings. The Bertz CT molecular complexity index is 2820. The molecule has 0 fully saturated rings. The highest BCUT2D eigenvalue weighted by Gasteiger charge is 2.15. The van der Waals surface area contributed by atoms with E-state index in [1.807, 2.05) is 48.5 Å². The summed E-state index contributed by atoms with van der Waals surface area (Å²) in [5.41, 5.74) is 9.56. The van der Waals surface area contributed by atoms with Gasteiger partial charge in [-0.3, -0.25) is 0 Å². The molecule has 10 aromatic rings. The van der Waals surface area contributed by atoms with E-state index in [0.717, 1.165) is 93.5 Å². The van der Waals surface area contributed by atoms with Crippen LogP contribution >= 0.6 is 0 Å². The van der Waals surface area contributed by atoms with Crippen molar-refractivity contribution < 1.29 is 8.83 Å². The van der Waals surface area contributed by atoms with Crippen LogP contribution in [-0.2, 0) is 0 Å². The molecule has 214 valence electrons. The first-order valence-electron chi connectivity index (χ1n) is 15.4. The average Bonchev–Trinajstić information content (AvgIpc) is 3.69. The quantitative estimate of drug-likeness (QED) is 0.206. The molecule has 7 aromatic carbocycles. The fraction of sp³-hybridized carbons (Fsp3) is 0. The molecule has 0 saturated heterocycles. The summed E-state index contributed by atoms with van der Waals surface area (Å²) in [6, 6.07) is 50.4. The van der Waals surface area contributed by atoms with Crippen LogP contribution in [0.5, 0.6) is 0 Å². The highest BCUT2D eigenvalue weighted by atomic mass is 16.3. The van der Waals surface area contributed by atoms with Crippen molar-refractivity contribution in [2.45, 2.75) is 0 Å². The minimum absolute atomic E-state index is 0.669. The Morgan fingerprint density at radius 3 is 1.91 bits per heavy atom.